The molecule has 0 saturated heterocycles. The van der Waals surface area contributed by atoms with E-state index in [2.05, 4.69) is 113 Å². The highest BCUT2D eigenvalue weighted by atomic mass is 32.1. The number of rotatable bonds is 0. The van der Waals surface area contributed by atoms with Crippen LogP contribution in [0.3, 0.4) is 0 Å². The first-order valence-electron chi connectivity index (χ1n) is 13.3. The maximum atomic E-state index is 4.82. The van der Waals surface area contributed by atoms with Gasteiger partial charge in [0.25, 0.3) is 0 Å². The number of benzene rings is 3. The van der Waals surface area contributed by atoms with Crippen LogP contribution in [-0.2, 0) is 0 Å². The molecule has 3 nitrogen and oxygen atoms in total. The van der Waals surface area contributed by atoms with Gasteiger partial charge in [-0.2, -0.15) is 0 Å². The molecule has 8 aromatic rings. The summed E-state index contributed by atoms with van der Waals surface area (Å²) in [5.41, 5.74) is 5.51. The van der Waals surface area contributed by atoms with E-state index in [1.807, 2.05) is 23.6 Å². The maximum absolute atomic E-state index is 4.82. The minimum atomic E-state index is 1.03. The van der Waals surface area contributed by atoms with Gasteiger partial charge in [-0.3, -0.25) is 4.98 Å². The fourth-order valence-corrected chi connectivity index (χ4v) is 8.32. The van der Waals surface area contributed by atoms with E-state index in [4.69, 9.17) is 4.98 Å². The van der Waals surface area contributed by atoms with Crippen molar-refractivity contribution in [3.63, 3.8) is 0 Å². The van der Waals surface area contributed by atoms with E-state index < -0.39 is 0 Å². The molecule has 40 heavy (non-hydrogen) atoms. The number of nitrogens with zero attached hydrogens (tertiary/aromatic N) is 1. The Labute approximate surface area is 236 Å². The smallest absolute Gasteiger partial charge is 0.0889 e. The summed E-state index contributed by atoms with van der Waals surface area (Å²) < 4.78 is 4.86. The van der Waals surface area contributed by atoms with E-state index >= 15 is 0 Å². The zero-order valence-electron chi connectivity index (χ0n) is 21.2. The summed E-state index contributed by atoms with van der Waals surface area (Å²) in [5, 5.41) is 8.60. The molecule has 5 aromatic heterocycles. The molecular formula is C35H21N3S2. The Balaban J connectivity index is 1.51. The normalized spacial score (nSPS) is 12.8. The first kappa shape index (κ1) is 22.1. The number of aromatic nitrogens is 3. The van der Waals surface area contributed by atoms with E-state index in [1.54, 1.807) is 11.3 Å². The predicted molar refractivity (Wildman–Crippen MR) is 171 cm³/mol. The van der Waals surface area contributed by atoms with Crippen molar-refractivity contribution in [1.82, 2.24) is 15.0 Å². The van der Waals surface area contributed by atoms with Gasteiger partial charge in [0, 0.05) is 80.3 Å². The first-order chi connectivity index (χ1) is 19.8. The fraction of sp³-hybridized carbons (Fsp3) is 0. The molecule has 188 valence electrons. The Morgan fingerprint density at radius 2 is 0.775 bits per heavy atom. The molecule has 0 saturated carbocycles. The Kier molecular flexibility index (Phi) is 4.65. The Morgan fingerprint density at radius 1 is 0.400 bits per heavy atom. The summed E-state index contributed by atoms with van der Waals surface area (Å²) in [6.45, 7) is 0. The van der Waals surface area contributed by atoms with E-state index in [0.29, 0.717) is 0 Å². The van der Waals surface area contributed by atoms with Crippen LogP contribution in [0.4, 0.5) is 0 Å². The van der Waals surface area contributed by atoms with Crippen LogP contribution in [-0.4, -0.2) is 15.0 Å². The number of thiophene rings is 2. The van der Waals surface area contributed by atoms with E-state index in [9.17, 15) is 0 Å². The second-order valence-electron chi connectivity index (χ2n) is 10.2. The third-order valence-electron chi connectivity index (χ3n) is 7.86. The highest BCUT2D eigenvalue weighted by Gasteiger charge is 2.12. The van der Waals surface area contributed by atoms with Crippen molar-refractivity contribution < 1.29 is 0 Å². The largest absolute Gasteiger partial charge is 0.354 e. The van der Waals surface area contributed by atoms with Crippen LogP contribution >= 0.6 is 22.7 Å². The molecule has 0 unspecified atom stereocenters. The molecule has 0 radical (unpaired) electrons. The Morgan fingerprint density at radius 3 is 1.27 bits per heavy atom. The van der Waals surface area contributed by atoms with Crippen molar-refractivity contribution in [3.05, 3.63) is 132 Å². The lowest BCUT2D eigenvalue weighted by molar-refractivity contribution is 1.35. The quantitative estimate of drug-likeness (QED) is 0.237. The van der Waals surface area contributed by atoms with Crippen molar-refractivity contribution in [3.8, 4) is 0 Å². The lowest BCUT2D eigenvalue weighted by atomic mass is 10.1. The van der Waals surface area contributed by atoms with Crippen LogP contribution < -0.4 is 18.1 Å². The van der Waals surface area contributed by atoms with Crippen molar-refractivity contribution in [1.29, 1.82) is 0 Å². The van der Waals surface area contributed by atoms with Gasteiger partial charge in [-0.1, -0.05) is 72.8 Å². The van der Waals surface area contributed by atoms with Crippen LogP contribution in [0.2, 0.25) is 0 Å². The molecule has 0 spiro atoms. The van der Waals surface area contributed by atoms with Crippen LogP contribution in [0.5, 0.6) is 0 Å². The predicted octanol–water partition coefficient (Wildman–Crippen LogP) is 6.10. The van der Waals surface area contributed by atoms with Crippen LogP contribution in [0.25, 0.3) is 67.5 Å². The van der Waals surface area contributed by atoms with Gasteiger partial charge in [0.2, 0.25) is 0 Å². The highest BCUT2D eigenvalue weighted by Crippen LogP contribution is 2.27. The minimum Gasteiger partial charge on any atom is -0.354 e. The fourth-order valence-electron chi connectivity index (χ4n) is 6.03. The highest BCUT2D eigenvalue weighted by molar-refractivity contribution is 7.09. The Bertz CT molecular complexity index is 2210. The van der Waals surface area contributed by atoms with Gasteiger partial charge in [-0.15, -0.1) is 22.7 Å². The summed E-state index contributed by atoms with van der Waals surface area (Å²) in [6.07, 6.45) is 11.1. The van der Waals surface area contributed by atoms with Gasteiger partial charge in [0.05, 0.1) is 10.0 Å². The van der Waals surface area contributed by atoms with Gasteiger partial charge >= 0.3 is 0 Å². The molecular weight excluding hydrogens is 527 g/mol. The summed E-state index contributed by atoms with van der Waals surface area (Å²) >= 11 is 3.63. The third kappa shape index (κ3) is 3.25. The topological polar surface area (TPSA) is 44.5 Å². The summed E-state index contributed by atoms with van der Waals surface area (Å²) in [6, 6.07) is 30.3. The van der Waals surface area contributed by atoms with Crippen LogP contribution in [0.15, 0.2) is 91.1 Å². The van der Waals surface area contributed by atoms with Gasteiger partial charge in [0.1, 0.15) is 0 Å². The molecule has 1 aliphatic heterocycles. The zero-order valence-corrected chi connectivity index (χ0v) is 22.9. The second-order valence-corrected chi connectivity index (χ2v) is 12.3. The van der Waals surface area contributed by atoms with E-state index in [-0.39, 0.29) is 0 Å². The van der Waals surface area contributed by atoms with Gasteiger partial charge in [0.15, 0.2) is 0 Å². The molecule has 6 heterocycles. The van der Waals surface area contributed by atoms with Crippen molar-refractivity contribution >= 4 is 90.2 Å². The molecule has 9 rings (SSSR count). The number of nitrogens with one attached hydrogen (secondary N) is 2. The number of aromatic amines is 2. The van der Waals surface area contributed by atoms with Crippen molar-refractivity contribution in [2.75, 3.05) is 0 Å². The number of H-pyrrole nitrogens is 2. The minimum absolute atomic E-state index is 1.03. The average molecular weight is 548 g/mol. The molecule has 5 heteroatoms. The molecule has 2 N–H and O–H groups in total. The SMILES string of the molecule is C1=c2sc(c3ccccc23)=Cc2[nH]c(c3ccccc23)C=c2sc(c3cccnc23)=Cc2[nH]c1c1ccccc21. The van der Waals surface area contributed by atoms with Crippen LogP contribution in [0, 0.1) is 0 Å². The number of fused-ring (bicyclic) bond motifs is 20. The standard InChI is InChI=1S/C35H21N3S2/c1-2-9-21-20(8-1)27-16-31-24-12-5-6-13-25(24)32(39-31)17-28-22-10-3-4-11-23(22)30(38-28)19-34-35-26(14-7-15-36-35)33(40-34)18-29(21)37-27/h1-19,37-38H. The van der Waals surface area contributed by atoms with Gasteiger partial charge in [-0.25, -0.2) is 0 Å². The number of hydrogen-bond acceptors (Lipinski definition) is 3. The average Bonchev–Trinajstić information content (AvgIpc) is 3.73. The van der Waals surface area contributed by atoms with Gasteiger partial charge < -0.3 is 9.97 Å². The Hall–Kier alpha value is -4.71. The number of hydrogen-bond donors (Lipinski definition) is 2. The molecule has 0 fully saturated rings. The van der Waals surface area contributed by atoms with Crippen molar-refractivity contribution in [2.45, 2.75) is 0 Å². The molecule has 3 aromatic carbocycles. The second kappa shape index (κ2) is 8.39. The molecule has 1 aliphatic rings. The lowest BCUT2D eigenvalue weighted by Crippen LogP contribution is -1.97. The molecule has 0 atom stereocenters. The first-order valence-corrected chi connectivity index (χ1v) is 14.9. The van der Waals surface area contributed by atoms with Crippen molar-refractivity contribution in [2.24, 2.45) is 0 Å². The maximum Gasteiger partial charge on any atom is 0.0889 e. The lowest BCUT2D eigenvalue weighted by Gasteiger charge is -1.92. The molecule has 8 bridgehead atoms. The van der Waals surface area contributed by atoms with E-state index in [1.165, 1.54) is 51.3 Å². The summed E-state index contributed by atoms with van der Waals surface area (Å²) in [4.78, 5) is 12.4. The number of pyridine rings is 1. The summed E-state index contributed by atoms with van der Waals surface area (Å²) in [7, 11) is 0. The van der Waals surface area contributed by atoms with E-state index in [0.717, 1.165) is 32.8 Å². The van der Waals surface area contributed by atoms with Gasteiger partial charge in [-0.05, 0) is 36.4 Å². The van der Waals surface area contributed by atoms with Crippen LogP contribution in [0.1, 0.15) is 22.8 Å². The molecule has 0 amide bonds. The monoisotopic (exact) mass is 547 g/mol. The summed E-state index contributed by atoms with van der Waals surface area (Å²) in [5.74, 6) is 0. The zero-order chi connectivity index (χ0) is 26.2. The third-order valence-corrected chi connectivity index (χ3v) is 10.1. The molecule has 0 aliphatic carbocycles.